The minimum atomic E-state index is -0.393. The topological polar surface area (TPSA) is 59.3 Å². The van der Waals surface area contributed by atoms with Crippen molar-refractivity contribution < 1.29 is 9.21 Å². The van der Waals surface area contributed by atoms with Gasteiger partial charge >= 0.3 is 5.63 Å². The highest BCUT2D eigenvalue weighted by Gasteiger charge is 2.22. The molecule has 0 aliphatic carbocycles. The van der Waals surface area contributed by atoms with E-state index >= 15 is 0 Å². The number of fused-ring (bicyclic) bond motifs is 4. The van der Waals surface area contributed by atoms with E-state index in [2.05, 4.69) is 17.4 Å². The van der Waals surface area contributed by atoms with Crippen LogP contribution >= 0.6 is 23.1 Å². The van der Waals surface area contributed by atoms with E-state index < -0.39 is 5.63 Å². The van der Waals surface area contributed by atoms with E-state index in [0.717, 1.165) is 16.7 Å². The fraction of sp³-hybridized carbons (Fsp3) is 0.0909. The summed E-state index contributed by atoms with van der Waals surface area (Å²) in [5.74, 6) is 0.715. The third-order valence-electron chi connectivity index (χ3n) is 4.76. The highest BCUT2D eigenvalue weighted by molar-refractivity contribution is 7.98. The van der Waals surface area contributed by atoms with E-state index in [1.165, 1.54) is 38.3 Å². The molecule has 0 atom stereocenters. The summed E-state index contributed by atoms with van der Waals surface area (Å²) in [6.45, 7) is 1.86. The fourth-order valence-corrected chi connectivity index (χ4v) is 5.72. The van der Waals surface area contributed by atoms with Crippen molar-refractivity contribution in [3.8, 4) is 10.4 Å². The molecule has 4 nitrogen and oxygen atoms in total. The number of carbonyl (C=O) groups excluding carboxylic acids is 1. The van der Waals surface area contributed by atoms with Crippen LogP contribution in [0.3, 0.4) is 0 Å². The Kier molecular flexibility index (Phi) is 4.10. The van der Waals surface area contributed by atoms with Crippen LogP contribution in [0.2, 0.25) is 0 Å². The second-order valence-electron chi connectivity index (χ2n) is 6.66. The molecule has 28 heavy (non-hydrogen) atoms. The van der Waals surface area contributed by atoms with Crippen LogP contribution in [-0.4, -0.2) is 5.91 Å². The fourth-order valence-electron chi connectivity index (χ4n) is 3.41. The van der Waals surface area contributed by atoms with Crippen LogP contribution in [0.15, 0.2) is 68.7 Å². The third kappa shape index (κ3) is 2.95. The van der Waals surface area contributed by atoms with Gasteiger partial charge in [0.25, 0.3) is 5.91 Å². The number of rotatable bonds is 2. The van der Waals surface area contributed by atoms with E-state index in [0.29, 0.717) is 16.1 Å². The lowest BCUT2D eigenvalue weighted by Crippen LogP contribution is -2.10. The van der Waals surface area contributed by atoms with E-state index in [9.17, 15) is 9.59 Å². The first-order chi connectivity index (χ1) is 13.6. The monoisotopic (exact) mass is 405 g/mol. The maximum atomic E-state index is 12.8. The second-order valence-corrected chi connectivity index (χ2v) is 8.73. The Morgan fingerprint density at radius 3 is 2.86 bits per heavy atom. The molecule has 2 aromatic carbocycles. The Bertz CT molecular complexity index is 1300. The Morgan fingerprint density at radius 1 is 1.11 bits per heavy atom. The standard InChI is InChI=1S/C22H15NO3S2/c1-12-8-20(24)26-17-10-14(6-7-15(12)17)23-22(25)19-9-13-11-27-18-5-3-2-4-16(18)21(13)28-19/h2-10H,11H2,1H3,(H,23,25). The molecule has 1 aliphatic heterocycles. The molecular formula is C22H15NO3S2. The first kappa shape index (κ1) is 17.3. The average Bonchev–Trinajstić information content (AvgIpc) is 3.12. The van der Waals surface area contributed by atoms with Crippen LogP contribution in [0.1, 0.15) is 20.8 Å². The van der Waals surface area contributed by atoms with Gasteiger partial charge < -0.3 is 9.73 Å². The zero-order valence-electron chi connectivity index (χ0n) is 14.9. The number of amides is 1. The predicted molar refractivity (Wildman–Crippen MR) is 114 cm³/mol. The van der Waals surface area contributed by atoms with Crippen molar-refractivity contribution >= 4 is 45.7 Å². The van der Waals surface area contributed by atoms with Crippen molar-refractivity contribution in [1.82, 2.24) is 0 Å². The maximum Gasteiger partial charge on any atom is 0.336 e. The lowest BCUT2D eigenvalue weighted by atomic mass is 10.1. The van der Waals surface area contributed by atoms with Gasteiger partial charge in [-0.15, -0.1) is 23.1 Å². The smallest absolute Gasteiger partial charge is 0.336 e. The molecule has 0 unspecified atom stereocenters. The zero-order valence-corrected chi connectivity index (χ0v) is 16.6. The molecule has 0 saturated carbocycles. The van der Waals surface area contributed by atoms with Crippen LogP contribution in [0.5, 0.6) is 0 Å². The molecule has 0 fully saturated rings. The minimum absolute atomic E-state index is 0.156. The molecule has 0 bridgehead atoms. The van der Waals surface area contributed by atoms with Crippen molar-refractivity contribution in [3.63, 3.8) is 0 Å². The van der Waals surface area contributed by atoms with E-state index in [-0.39, 0.29) is 5.91 Å². The van der Waals surface area contributed by atoms with Gasteiger partial charge in [-0.25, -0.2) is 4.79 Å². The van der Waals surface area contributed by atoms with Gasteiger partial charge in [-0.05, 0) is 42.3 Å². The van der Waals surface area contributed by atoms with Crippen molar-refractivity contribution in [1.29, 1.82) is 0 Å². The van der Waals surface area contributed by atoms with Crippen LogP contribution in [0.25, 0.3) is 21.4 Å². The summed E-state index contributed by atoms with van der Waals surface area (Å²) in [7, 11) is 0. The highest BCUT2D eigenvalue weighted by Crippen LogP contribution is 2.45. The maximum absolute atomic E-state index is 12.8. The second kappa shape index (κ2) is 6.65. The lowest BCUT2D eigenvalue weighted by Gasteiger charge is -2.14. The van der Waals surface area contributed by atoms with Crippen LogP contribution in [-0.2, 0) is 5.75 Å². The number of aryl methyl sites for hydroxylation is 1. The minimum Gasteiger partial charge on any atom is -0.423 e. The molecular weight excluding hydrogens is 390 g/mol. The van der Waals surface area contributed by atoms with Gasteiger partial charge in [-0.2, -0.15) is 0 Å². The molecule has 5 rings (SSSR count). The number of hydrogen-bond acceptors (Lipinski definition) is 5. The number of hydrogen-bond donors (Lipinski definition) is 1. The summed E-state index contributed by atoms with van der Waals surface area (Å²) in [6, 6.07) is 17.1. The zero-order chi connectivity index (χ0) is 19.3. The summed E-state index contributed by atoms with van der Waals surface area (Å²) in [5.41, 5.74) is 3.92. The van der Waals surface area contributed by atoms with Gasteiger partial charge in [-0.1, -0.05) is 18.2 Å². The summed E-state index contributed by atoms with van der Waals surface area (Å²) in [6.07, 6.45) is 0. The summed E-state index contributed by atoms with van der Waals surface area (Å²) < 4.78 is 5.27. The molecule has 1 aliphatic rings. The van der Waals surface area contributed by atoms with Gasteiger partial charge in [0.1, 0.15) is 5.58 Å². The van der Waals surface area contributed by atoms with E-state index in [1.54, 1.807) is 17.8 Å². The van der Waals surface area contributed by atoms with Crippen molar-refractivity contribution in [2.45, 2.75) is 17.6 Å². The van der Waals surface area contributed by atoms with Gasteiger partial charge in [0, 0.05) is 44.3 Å². The molecule has 3 heterocycles. The van der Waals surface area contributed by atoms with Crippen molar-refractivity contribution in [2.75, 3.05) is 5.32 Å². The van der Waals surface area contributed by atoms with Crippen molar-refractivity contribution in [3.05, 3.63) is 81.0 Å². The summed E-state index contributed by atoms with van der Waals surface area (Å²) >= 11 is 3.31. The molecule has 4 aromatic rings. The van der Waals surface area contributed by atoms with Crippen LogP contribution in [0.4, 0.5) is 5.69 Å². The molecule has 138 valence electrons. The number of benzene rings is 2. The number of nitrogens with one attached hydrogen (secondary N) is 1. The van der Waals surface area contributed by atoms with E-state index in [4.69, 9.17) is 4.42 Å². The highest BCUT2D eigenvalue weighted by atomic mass is 32.2. The van der Waals surface area contributed by atoms with Gasteiger partial charge in [0.05, 0.1) is 4.88 Å². The molecule has 0 radical (unpaired) electrons. The molecule has 1 amide bonds. The Labute approximate surface area is 169 Å². The molecule has 6 heteroatoms. The van der Waals surface area contributed by atoms with Gasteiger partial charge in [0.15, 0.2) is 0 Å². The summed E-state index contributed by atoms with van der Waals surface area (Å²) in [4.78, 5) is 27.5. The Morgan fingerprint density at radius 2 is 1.96 bits per heavy atom. The molecule has 1 N–H and O–H groups in total. The predicted octanol–water partition coefficient (Wildman–Crippen LogP) is 5.69. The van der Waals surface area contributed by atoms with E-state index in [1.807, 2.05) is 37.3 Å². The molecule has 2 aromatic heterocycles. The first-order valence-corrected chi connectivity index (χ1v) is 10.6. The van der Waals surface area contributed by atoms with Gasteiger partial charge in [0.2, 0.25) is 0 Å². The average molecular weight is 406 g/mol. The largest absolute Gasteiger partial charge is 0.423 e. The lowest BCUT2D eigenvalue weighted by molar-refractivity contribution is 0.103. The van der Waals surface area contributed by atoms with Crippen LogP contribution in [0, 0.1) is 6.92 Å². The van der Waals surface area contributed by atoms with Crippen molar-refractivity contribution in [2.24, 2.45) is 0 Å². The summed E-state index contributed by atoms with van der Waals surface area (Å²) in [5, 5.41) is 3.78. The van der Waals surface area contributed by atoms with Gasteiger partial charge in [-0.3, -0.25) is 4.79 Å². The number of thioether (sulfide) groups is 1. The third-order valence-corrected chi connectivity index (χ3v) is 7.09. The number of carbonyl (C=O) groups is 1. The number of thiophene rings is 1. The van der Waals surface area contributed by atoms with Crippen LogP contribution < -0.4 is 10.9 Å². The Balaban J connectivity index is 1.46. The normalized spacial score (nSPS) is 12.5. The molecule has 0 spiro atoms. The number of anilines is 1. The quantitative estimate of drug-likeness (QED) is 0.435. The Hall–Kier alpha value is -2.83. The molecule has 0 saturated heterocycles. The SMILES string of the molecule is Cc1cc(=O)oc2cc(NC(=O)c3cc4c(s3)-c3ccccc3SC4)ccc12. The first-order valence-electron chi connectivity index (χ1n) is 8.79.